The number of phenolic OH excluding ortho intramolecular Hbond substituents is 1. The van der Waals surface area contributed by atoms with Gasteiger partial charge in [-0.15, -0.1) is 0 Å². The van der Waals surface area contributed by atoms with Crippen LogP contribution in [-0.2, 0) is 11.8 Å². The Morgan fingerprint density at radius 2 is 1.86 bits per heavy atom. The van der Waals surface area contributed by atoms with Crippen molar-refractivity contribution in [3.05, 3.63) is 65.2 Å². The maximum Gasteiger partial charge on any atom is 0.115 e. The molecule has 114 valence electrons. The molecule has 2 aromatic carbocycles. The number of hydrogen-bond donors (Lipinski definition) is 1. The molecular weight excluding hydrogens is 270 g/mol. The van der Waals surface area contributed by atoms with Crippen LogP contribution in [0.25, 0.3) is 0 Å². The highest BCUT2D eigenvalue weighted by molar-refractivity contribution is 5.44. The summed E-state index contributed by atoms with van der Waals surface area (Å²) >= 11 is 0. The molecule has 0 amide bonds. The average molecular weight is 293 g/mol. The van der Waals surface area contributed by atoms with Gasteiger partial charge in [-0.3, -0.25) is 4.90 Å². The minimum absolute atomic E-state index is 0.207. The Kier molecular flexibility index (Phi) is 3.23. The van der Waals surface area contributed by atoms with Gasteiger partial charge in [-0.1, -0.05) is 42.8 Å². The third-order valence-electron chi connectivity index (χ3n) is 5.72. The van der Waals surface area contributed by atoms with E-state index in [1.54, 1.807) is 0 Å². The molecule has 1 aliphatic heterocycles. The van der Waals surface area contributed by atoms with Gasteiger partial charge in [0.1, 0.15) is 5.75 Å². The molecule has 2 nitrogen and oxygen atoms in total. The van der Waals surface area contributed by atoms with E-state index in [2.05, 4.69) is 48.3 Å². The number of aromatic hydroxyl groups is 1. The van der Waals surface area contributed by atoms with Crippen molar-refractivity contribution in [3.63, 3.8) is 0 Å². The first kappa shape index (κ1) is 13.8. The van der Waals surface area contributed by atoms with Crippen LogP contribution in [0.2, 0.25) is 0 Å². The van der Waals surface area contributed by atoms with Gasteiger partial charge < -0.3 is 5.11 Å². The second kappa shape index (κ2) is 5.13. The minimum atomic E-state index is 0.207. The third-order valence-corrected chi connectivity index (χ3v) is 5.72. The molecule has 1 atom stereocenters. The van der Waals surface area contributed by atoms with E-state index in [0.29, 0.717) is 11.8 Å². The van der Waals surface area contributed by atoms with Crippen molar-refractivity contribution in [1.29, 1.82) is 0 Å². The monoisotopic (exact) mass is 293 g/mol. The van der Waals surface area contributed by atoms with E-state index in [-0.39, 0.29) is 5.41 Å². The first-order valence-electron chi connectivity index (χ1n) is 8.28. The zero-order valence-electron chi connectivity index (χ0n) is 13.1. The Morgan fingerprint density at radius 3 is 2.55 bits per heavy atom. The maximum absolute atomic E-state index is 10.0. The van der Waals surface area contributed by atoms with Crippen LogP contribution in [0, 0.1) is 0 Å². The lowest BCUT2D eigenvalue weighted by molar-refractivity contribution is 0.0716. The molecule has 0 saturated heterocycles. The van der Waals surface area contributed by atoms with E-state index < -0.39 is 0 Å². The number of rotatable bonds is 2. The van der Waals surface area contributed by atoms with E-state index in [4.69, 9.17) is 0 Å². The van der Waals surface area contributed by atoms with Crippen molar-refractivity contribution in [2.45, 2.75) is 37.1 Å². The molecular formula is C20H23NO. The highest BCUT2D eigenvalue weighted by Gasteiger charge is 2.49. The maximum atomic E-state index is 10.0. The normalized spacial score (nSPS) is 23.6. The van der Waals surface area contributed by atoms with Crippen LogP contribution >= 0.6 is 0 Å². The van der Waals surface area contributed by atoms with E-state index in [1.165, 1.54) is 36.0 Å². The van der Waals surface area contributed by atoms with Gasteiger partial charge >= 0.3 is 0 Å². The smallest absolute Gasteiger partial charge is 0.115 e. The van der Waals surface area contributed by atoms with Gasteiger partial charge in [0.2, 0.25) is 0 Å². The summed E-state index contributed by atoms with van der Waals surface area (Å²) < 4.78 is 0. The molecule has 0 spiro atoms. The van der Waals surface area contributed by atoms with Gasteiger partial charge in [0.05, 0.1) is 0 Å². The lowest BCUT2D eigenvalue weighted by atomic mass is 9.57. The van der Waals surface area contributed by atoms with Crippen LogP contribution in [0.4, 0.5) is 0 Å². The Labute approximate surface area is 132 Å². The lowest BCUT2D eigenvalue weighted by Crippen LogP contribution is -2.49. The first-order chi connectivity index (χ1) is 10.7. The van der Waals surface area contributed by atoms with Crippen LogP contribution in [0.5, 0.6) is 5.75 Å². The fourth-order valence-corrected chi connectivity index (χ4v) is 4.50. The minimum Gasteiger partial charge on any atom is -0.508 e. The molecule has 4 rings (SSSR count). The van der Waals surface area contributed by atoms with Gasteiger partial charge in [-0.05, 0) is 55.1 Å². The molecule has 1 aliphatic carbocycles. The molecule has 1 fully saturated rings. The molecule has 0 radical (unpaired) electrons. The molecule has 2 heteroatoms. The van der Waals surface area contributed by atoms with Crippen molar-refractivity contribution in [1.82, 2.24) is 4.90 Å². The van der Waals surface area contributed by atoms with E-state index in [1.807, 2.05) is 12.1 Å². The lowest BCUT2D eigenvalue weighted by Gasteiger charge is -2.53. The summed E-state index contributed by atoms with van der Waals surface area (Å²) in [4.78, 5) is 2.49. The highest BCUT2D eigenvalue weighted by Crippen LogP contribution is 2.55. The number of phenols is 1. The highest BCUT2D eigenvalue weighted by atomic mass is 16.3. The van der Waals surface area contributed by atoms with Gasteiger partial charge in [0, 0.05) is 18.0 Å². The SMILES string of the molecule is CN1CCc2ccc(O)cc2C1C1(c2ccccc2)CCC1. The summed E-state index contributed by atoms with van der Waals surface area (Å²) in [6.45, 7) is 1.09. The molecule has 1 heterocycles. The van der Waals surface area contributed by atoms with E-state index >= 15 is 0 Å². The number of benzene rings is 2. The fourth-order valence-electron chi connectivity index (χ4n) is 4.50. The molecule has 1 N–H and O–H groups in total. The second-order valence-electron chi connectivity index (χ2n) is 6.89. The molecule has 1 unspecified atom stereocenters. The topological polar surface area (TPSA) is 23.5 Å². The van der Waals surface area contributed by atoms with Crippen molar-refractivity contribution < 1.29 is 5.11 Å². The van der Waals surface area contributed by atoms with E-state index in [0.717, 1.165) is 13.0 Å². The van der Waals surface area contributed by atoms with Crippen LogP contribution in [0.1, 0.15) is 42.0 Å². The van der Waals surface area contributed by atoms with E-state index in [9.17, 15) is 5.11 Å². The third kappa shape index (κ3) is 1.98. The van der Waals surface area contributed by atoms with Crippen LogP contribution in [-0.4, -0.2) is 23.6 Å². The Hall–Kier alpha value is -1.80. The molecule has 2 aromatic rings. The zero-order valence-corrected chi connectivity index (χ0v) is 13.1. The van der Waals surface area contributed by atoms with Crippen LogP contribution in [0.15, 0.2) is 48.5 Å². The number of nitrogens with zero attached hydrogens (tertiary/aromatic N) is 1. The van der Waals surface area contributed by atoms with Crippen LogP contribution < -0.4 is 0 Å². The van der Waals surface area contributed by atoms with Gasteiger partial charge in [0.15, 0.2) is 0 Å². The zero-order chi connectivity index (χ0) is 15.2. The number of hydrogen-bond acceptors (Lipinski definition) is 2. The van der Waals surface area contributed by atoms with Crippen molar-refractivity contribution in [3.8, 4) is 5.75 Å². The molecule has 0 bridgehead atoms. The predicted octanol–water partition coefficient (Wildman–Crippen LogP) is 4.04. The predicted molar refractivity (Wildman–Crippen MR) is 89.2 cm³/mol. The number of fused-ring (bicyclic) bond motifs is 1. The van der Waals surface area contributed by atoms with Crippen molar-refractivity contribution in [2.75, 3.05) is 13.6 Å². The Bertz CT molecular complexity index is 675. The van der Waals surface area contributed by atoms with Crippen LogP contribution in [0.3, 0.4) is 0 Å². The quantitative estimate of drug-likeness (QED) is 0.903. The fraction of sp³-hybridized carbons (Fsp3) is 0.400. The van der Waals surface area contributed by atoms with Crippen molar-refractivity contribution >= 4 is 0 Å². The molecule has 22 heavy (non-hydrogen) atoms. The summed E-state index contributed by atoms with van der Waals surface area (Å²) in [6.07, 6.45) is 4.85. The van der Waals surface area contributed by atoms with Crippen molar-refractivity contribution in [2.24, 2.45) is 0 Å². The largest absolute Gasteiger partial charge is 0.508 e. The first-order valence-corrected chi connectivity index (χ1v) is 8.28. The summed E-state index contributed by atoms with van der Waals surface area (Å²) in [5.41, 5.74) is 4.40. The molecule has 2 aliphatic rings. The summed E-state index contributed by atoms with van der Waals surface area (Å²) in [5.74, 6) is 0.390. The Morgan fingerprint density at radius 1 is 1.09 bits per heavy atom. The standard InChI is InChI=1S/C20H23NO/c1-21-13-10-15-8-9-17(22)14-18(15)19(21)20(11-5-12-20)16-6-3-2-4-7-16/h2-4,6-9,14,19,22H,5,10-13H2,1H3. The summed E-state index contributed by atoms with van der Waals surface area (Å²) in [5, 5.41) is 10.0. The summed E-state index contributed by atoms with van der Waals surface area (Å²) in [7, 11) is 2.24. The Balaban J connectivity index is 1.86. The van der Waals surface area contributed by atoms with Gasteiger partial charge in [-0.2, -0.15) is 0 Å². The molecule has 0 aromatic heterocycles. The van der Waals surface area contributed by atoms with Gasteiger partial charge in [-0.25, -0.2) is 0 Å². The second-order valence-corrected chi connectivity index (χ2v) is 6.89. The molecule has 1 saturated carbocycles. The summed E-state index contributed by atoms with van der Waals surface area (Å²) in [6, 6.07) is 17.3. The average Bonchev–Trinajstić information content (AvgIpc) is 2.49. The number of likely N-dealkylation sites (N-methyl/N-ethyl adjacent to an activating group) is 1. The van der Waals surface area contributed by atoms with Gasteiger partial charge in [0.25, 0.3) is 0 Å².